The second kappa shape index (κ2) is 20.3. The molecule has 0 aromatic carbocycles. The van der Waals surface area contributed by atoms with Gasteiger partial charge in [-0.05, 0) is 44.9 Å². The first-order valence-corrected chi connectivity index (χ1v) is 15.7. The molecule has 232 valence electrons. The van der Waals surface area contributed by atoms with Crippen molar-refractivity contribution in [3.8, 4) is 0 Å². The zero-order chi connectivity index (χ0) is 29.2. The number of carbonyl (C=O) groups is 1. The van der Waals surface area contributed by atoms with E-state index in [1.807, 2.05) is 0 Å². The summed E-state index contributed by atoms with van der Waals surface area (Å²) in [5, 5.41) is 5.77. The highest BCUT2D eigenvalue weighted by molar-refractivity contribution is 6.23. The predicted molar refractivity (Wildman–Crippen MR) is 150 cm³/mol. The topological polar surface area (TPSA) is 65.0 Å². The van der Waals surface area contributed by atoms with Gasteiger partial charge >= 0.3 is 5.97 Å². The summed E-state index contributed by atoms with van der Waals surface area (Å²) < 4.78 is 60.3. The molecule has 4 unspecified atom stereocenters. The van der Waals surface area contributed by atoms with E-state index < -0.39 is 35.6 Å². The normalized spacial score (nSPS) is 18.9. The lowest BCUT2D eigenvalue weighted by molar-refractivity contribution is -0.151. The largest absolute Gasteiger partial charge is 0.465 e. The summed E-state index contributed by atoms with van der Waals surface area (Å²) in [7, 11) is 0. The average Bonchev–Trinajstić information content (AvgIpc) is 2.87. The van der Waals surface area contributed by atoms with Gasteiger partial charge in [-0.15, -0.1) is 0 Å². The Balaban J connectivity index is 2.76. The number of carbonyl (C=O) groups excluding carboxylic acids is 1. The maximum absolute atomic E-state index is 14.8. The van der Waals surface area contributed by atoms with E-state index in [0.29, 0.717) is 32.8 Å². The maximum atomic E-state index is 14.8. The van der Waals surface area contributed by atoms with Crippen molar-refractivity contribution in [1.29, 1.82) is 0 Å². The Kier molecular flexibility index (Phi) is 19.0. The van der Waals surface area contributed by atoms with E-state index in [0.717, 1.165) is 51.4 Å². The van der Waals surface area contributed by atoms with Crippen LogP contribution in [0.3, 0.4) is 0 Å². The Hall–Kier alpha value is -0.570. The molecule has 1 aliphatic rings. The fraction of sp³-hybridized carbons (Fsp3) is 0.967. The number of halogens is 4. The fourth-order valence-corrected chi connectivity index (χ4v) is 5.15. The van der Waals surface area contributed by atoms with Crippen LogP contribution in [-0.4, -0.2) is 60.3 Å². The Morgan fingerprint density at radius 1 is 0.923 bits per heavy atom. The molecule has 9 heteroatoms. The summed E-state index contributed by atoms with van der Waals surface area (Å²) in [6.07, 6.45) is 12.3. The average molecular weight is 587 g/mol. The minimum atomic E-state index is -3.76. The van der Waals surface area contributed by atoms with Gasteiger partial charge in [-0.3, -0.25) is 4.79 Å². The molecule has 0 aromatic rings. The molecule has 0 spiro atoms. The fourth-order valence-electron chi connectivity index (χ4n) is 4.98. The highest BCUT2D eigenvalue weighted by Crippen LogP contribution is 2.41. The zero-order valence-corrected chi connectivity index (χ0v) is 25.3. The minimum absolute atomic E-state index is 0.00784. The summed E-state index contributed by atoms with van der Waals surface area (Å²) in [5.41, 5.74) is 0. The van der Waals surface area contributed by atoms with E-state index in [1.165, 1.54) is 25.7 Å². The molecular weight excluding hydrogens is 533 g/mol. The number of alkyl halides is 4. The molecule has 39 heavy (non-hydrogen) atoms. The summed E-state index contributed by atoms with van der Waals surface area (Å²) in [4.78, 5) is 12.7. The number of ether oxygens (including phenoxy) is 3. The first-order chi connectivity index (χ1) is 18.5. The van der Waals surface area contributed by atoms with Crippen molar-refractivity contribution in [2.75, 3.05) is 19.8 Å². The molecule has 0 amide bonds. The van der Waals surface area contributed by atoms with Crippen molar-refractivity contribution in [3.63, 3.8) is 0 Å². The van der Waals surface area contributed by atoms with Crippen molar-refractivity contribution < 1.29 is 37.3 Å². The lowest BCUT2D eigenvalue weighted by Crippen LogP contribution is -2.41. The van der Waals surface area contributed by atoms with Gasteiger partial charge in [0.1, 0.15) is 0 Å². The minimum Gasteiger partial charge on any atom is -0.465 e. The SMILES string of the molecule is CCCCCCCCCOC(=O)C(C)CC(CC(CC(F)(Cl)C(C)(F)F)OCCCCO)OC1CCCCC1. The molecule has 1 fully saturated rings. The quantitative estimate of drug-likeness (QED) is 0.0738. The smallest absolute Gasteiger partial charge is 0.308 e. The van der Waals surface area contributed by atoms with Gasteiger partial charge < -0.3 is 19.3 Å². The van der Waals surface area contributed by atoms with E-state index in [9.17, 15) is 18.0 Å². The second-order valence-electron chi connectivity index (χ2n) is 11.4. The van der Waals surface area contributed by atoms with Crippen LogP contribution in [0, 0.1) is 5.92 Å². The first kappa shape index (κ1) is 36.5. The Labute approximate surface area is 239 Å². The van der Waals surface area contributed by atoms with Crippen molar-refractivity contribution in [1.82, 2.24) is 0 Å². The third-order valence-electron chi connectivity index (χ3n) is 7.51. The Morgan fingerprint density at radius 3 is 2.15 bits per heavy atom. The van der Waals surface area contributed by atoms with E-state index in [4.69, 9.17) is 30.9 Å². The molecule has 0 saturated heterocycles. The lowest BCUT2D eigenvalue weighted by atomic mass is 9.94. The van der Waals surface area contributed by atoms with Crippen LogP contribution in [0.4, 0.5) is 13.2 Å². The maximum Gasteiger partial charge on any atom is 0.308 e. The van der Waals surface area contributed by atoms with Gasteiger partial charge in [-0.25, -0.2) is 13.2 Å². The molecule has 0 aliphatic heterocycles. The third-order valence-corrected chi connectivity index (χ3v) is 7.99. The number of hydrogen-bond acceptors (Lipinski definition) is 5. The molecule has 0 radical (unpaired) electrons. The van der Waals surface area contributed by atoms with Crippen LogP contribution in [0.1, 0.15) is 130 Å². The summed E-state index contributed by atoms with van der Waals surface area (Å²) in [5.74, 6) is -4.53. The van der Waals surface area contributed by atoms with Gasteiger partial charge in [0, 0.05) is 26.6 Å². The number of rotatable bonds is 23. The van der Waals surface area contributed by atoms with Crippen LogP contribution < -0.4 is 0 Å². The number of unbranched alkanes of at least 4 members (excludes halogenated alkanes) is 7. The molecule has 0 bridgehead atoms. The standard InChI is InChI=1S/C30H54ClF3O5/c1-4-5-6-7-8-9-14-20-38-28(36)24(2)21-26(39-25-16-11-10-12-17-25)22-27(37-19-15-13-18-35)23-30(31,34)29(3,32)33/h24-27,35H,4-23H2,1-3H3. The van der Waals surface area contributed by atoms with Gasteiger partial charge in [0.2, 0.25) is 5.13 Å². The molecule has 5 nitrogen and oxygen atoms in total. The van der Waals surface area contributed by atoms with E-state index in [1.54, 1.807) is 6.92 Å². The second-order valence-corrected chi connectivity index (χ2v) is 12.0. The molecule has 1 N–H and O–H groups in total. The molecule has 1 aliphatic carbocycles. The van der Waals surface area contributed by atoms with Crippen molar-refractivity contribution in [2.24, 2.45) is 5.92 Å². The van der Waals surface area contributed by atoms with Crippen LogP contribution in [0.5, 0.6) is 0 Å². The van der Waals surface area contributed by atoms with Crippen molar-refractivity contribution in [3.05, 3.63) is 0 Å². The van der Waals surface area contributed by atoms with E-state index in [2.05, 4.69) is 6.92 Å². The monoisotopic (exact) mass is 586 g/mol. The van der Waals surface area contributed by atoms with E-state index >= 15 is 0 Å². The third kappa shape index (κ3) is 16.5. The summed E-state index contributed by atoms with van der Waals surface area (Å²) >= 11 is 5.65. The van der Waals surface area contributed by atoms with Crippen molar-refractivity contribution in [2.45, 2.75) is 159 Å². The summed E-state index contributed by atoms with van der Waals surface area (Å²) in [6, 6.07) is 0. The number of aliphatic hydroxyl groups excluding tert-OH is 1. The van der Waals surface area contributed by atoms with Gasteiger partial charge in [0.25, 0.3) is 5.92 Å². The highest BCUT2D eigenvalue weighted by Gasteiger charge is 2.51. The van der Waals surface area contributed by atoms with E-state index in [-0.39, 0.29) is 31.7 Å². The van der Waals surface area contributed by atoms with Crippen LogP contribution >= 0.6 is 11.6 Å². The molecule has 0 heterocycles. The van der Waals surface area contributed by atoms with Gasteiger partial charge in [-0.2, -0.15) is 0 Å². The Bertz CT molecular complexity index is 626. The Morgan fingerprint density at radius 2 is 1.54 bits per heavy atom. The van der Waals surface area contributed by atoms with Crippen LogP contribution in [0.25, 0.3) is 0 Å². The first-order valence-electron chi connectivity index (χ1n) is 15.3. The van der Waals surface area contributed by atoms with Gasteiger partial charge in [0.15, 0.2) is 0 Å². The zero-order valence-electron chi connectivity index (χ0n) is 24.5. The molecule has 4 atom stereocenters. The van der Waals surface area contributed by atoms with Crippen molar-refractivity contribution >= 4 is 17.6 Å². The number of esters is 1. The molecule has 1 saturated carbocycles. The number of aliphatic hydroxyl groups is 1. The van der Waals surface area contributed by atoms with Crippen LogP contribution in [0.2, 0.25) is 0 Å². The molecule has 1 rings (SSSR count). The van der Waals surface area contributed by atoms with Gasteiger partial charge in [0.05, 0.1) is 30.8 Å². The summed E-state index contributed by atoms with van der Waals surface area (Å²) in [6.45, 7) is 4.97. The highest BCUT2D eigenvalue weighted by atomic mass is 35.5. The van der Waals surface area contributed by atoms with Crippen LogP contribution in [-0.2, 0) is 19.0 Å². The van der Waals surface area contributed by atoms with Gasteiger partial charge in [-0.1, -0.05) is 83.2 Å². The predicted octanol–water partition coefficient (Wildman–Crippen LogP) is 8.52. The van der Waals surface area contributed by atoms with Crippen LogP contribution in [0.15, 0.2) is 0 Å². The molecular formula is C30H54ClF3O5. The lowest BCUT2D eigenvalue weighted by Gasteiger charge is -2.33. The number of hydrogen-bond donors (Lipinski definition) is 1. The molecule has 0 aromatic heterocycles.